The highest BCUT2D eigenvalue weighted by molar-refractivity contribution is 5.41. The zero-order valence-corrected chi connectivity index (χ0v) is 10.8. The van der Waals surface area contributed by atoms with Crippen LogP contribution in [0.5, 0.6) is 17.5 Å². The van der Waals surface area contributed by atoms with E-state index in [9.17, 15) is 0 Å². The molecule has 1 heterocycles. The molecule has 0 aliphatic carbocycles. The molecular weight excluding hydrogens is 242 g/mol. The molecule has 5 nitrogen and oxygen atoms in total. The highest BCUT2D eigenvalue weighted by Crippen LogP contribution is 2.29. The summed E-state index contributed by atoms with van der Waals surface area (Å²) in [4.78, 5) is 8.14. The van der Waals surface area contributed by atoms with Crippen molar-refractivity contribution < 1.29 is 9.47 Å². The van der Waals surface area contributed by atoms with Gasteiger partial charge in [-0.3, -0.25) is 0 Å². The lowest BCUT2D eigenvalue weighted by atomic mass is 10.3. The number of hydrogen-bond donors (Lipinski definition) is 0. The van der Waals surface area contributed by atoms with Crippen molar-refractivity contribution in [3.05, 3.63) is 41.7 Å². The summed E-state index contributed by atoms with van der Waals surface area (Å²) < 4.78 is 11.0. The minimum Gasteiger partial charge on any atom is -0.490 e. The molecule has 0 amide bonds. The van der Waals surface area contributed by atoms with Crippen LogP contribution in [0, 0.1) is 18.3 Å². The maximum absolute atomic E-state index is 8.87. The summed E-state index contributed by atoms with van der Waals surface area (Å²) in [6.07, 6.45) is 0. The van der Waals surface area contributed by atoms with Crippen molar-refractivity contribution in [2.75, 3.05) is 6.61 Å². The smallest absolute Gasteiger partial charge is 0.323 e. The monoisotopic (exact) mass is 255 g/mol. The number of aromatic nitrogens is 2. The summed E-state index contributed by atoms with van der Waals surface area (Å²) in [6.45, 7) is 4.22. The molecule has 2 aromatic rings. The third-order valence-electron chi connectivity index (χ3n) is 2.30. The van der Waals surface area contributed by atoms with Crippen molar-refractivity contribution in [1.29, 1.82) is 5.26 Å². The first kappa shape index (κ1) is 12.8. The molecule has 0 spiro atoms. The first-order chi connectivity index (χ1) is 9.22. The zero-order valence-electron chi connectivity index (χ0n) is 10.8. The van der Waals surface area contributed by atoms with E-state index in [1.54, 1.807) is 25.1 Å². The second-order valence-corrected chi connectivity index (χ2v) is 3.77. The van der Waals surface area contributed by atoms with Gasteiger partial charge in [-0.25, -0.2) is 4.98 Å². The number of para-hydroxylation sites is 2. The Morgan fingerprint density at radius 3 is 2.63 bits per heavy atom. The van der Waals surface area contributed by atoms with Crippen LogP contribution in [0.1, 0.15) is 18.3 Å². The molecule has 1 aromatic heterocycles. The number of nitrogens with zero attached hydrogens (tertiary/aromatic N) is 3. The van der Waals surface area contributed by atoms with Crippen LogP contribution in [0.2, 0.25) is 0 Å². The molecule has 0 saturated heterocycles. The molecule has 0 radical (unpaired) electrons. The summed E-state index contributed by atoms with van der Waals surface area (Å²) in [7, 11) is 0. The largest absolute Gasteiger partial charge is 0.490 e. The van der Waals surface area contributed by atoms with Crippen LogP contribution in [-0.4, -0.2) is 16.6 Å². The number of benzene rings is 1. The second kappa shape index (κ2) is 5.83. The van der Waals surface area contributed by atoms with Gasteiger partial charge in [0.25, 0.3) is 0 Å². The average Bonchev–Trinajstić information content (AvgIpc) is 2.40. The topological polar surface area (TPSA) is 68.0 Å². The Bertz CT molecular complexity index is 620. The number of ether oxygens (including phenoxy) is 2. The van der Waals surface area contributed by atoms with E-state index in [-0.39, 0.29) is 11.7 Å². The Morgan fingerprint density at radius 1 is 1.21 bits per heavy atom. The van der Waals surface area contributed by atoms with Gasteiger partial charge in [-0.15, -0.1) is 0 Å². The van der Waals surface area contributed by atoms with Gasteiger partial charge >= 0.3 is 6.01 Å². The molecule has 2 rings (SSSR count). The van der Waals surface area contributed by atoms with Crippen LogP contribution < -0.4 is 9.47 Å². The molecule has 0 saturated carbocycles. The normalized spacial score (nSPS) is 9.74. The standard InChI is InChI=1S/C14H13N3O2/c1-3-18-12-6-4-5-7-13(12)19-14-16-10(2)8-11(9-15)17-14/h4-8H,3H2,1-2H3. The molecule has 0 atom stereocenters. The highest BCUT2D eigenvalue weighted by atomic mass is 16.5. The Balaban J connectivity index is 2.31. The SMILES string of the molecule is CCOc1ccccc1Oc1nc(C)cc(C#N)n1. The van der Waals surface area contributed by atoms with Crippen molar-refractivity contribution in [1.82, 2.24) is 9.97 Å². The Kier molecular flexibility index (Phi) is 3.94. The predicted molar refractivity (Wildman–Crippen MR) is 69.2 cm³/mol. The fraction of sp³-hybridized carbons (Fsp3) is 0.214. The molecule has 96 valence electrons. The van der Waals surface area contributed by atoms with E-state index in [1.807, 2.05) is 25.1 Å². The average molecular weight is 255 g/mol. The quantitative estimate of drug-likeness (QED) is 0.840. The summed E-state index contributed by atoms with van der Waals surface area (Å²) in [5.74, 6) is 1.15. The van der Waals surface area contributed by atoms with Crippen molar-refractivity contribution in [2.45, 2.75) is 13.8 Å². The molecule has 19 heavy (non-hydrogen) atoms. The summed E-state index contributed by atoms with van der Waals surface area (Å²) in [5, 5.41) is 8.87. The number of hydrogen-bond acceptors (Lipinski definition) is 5. The highest BCUT2D eigenvalue weighted by Gasteiger charge is 2.08. The molecule has 0 aliphatic heterocycles. The lowest BCUT2D eigenvalue weighted by Gasteiger charge is -2.10. The minimum absolute atomic E-state index is 0.142. The van der Waals surface area contributed by atoms with Gasteiger partial charge in [-0.05, 0) is 32.0 Å². The summed E-state index contributed by atoms with van der Waals surface area (Å²) >= 11 is 0. The van der Waals surface area contributed by atoms with E-state index < -0.39 is 0 Å². The number of nitriles is 1. The van der Waals surface area contributed by atoms with Crippen LogP contribution in [0.15, 0.2) is 30.3 Å². The van der Waals surface area contributed by atoms with E-state index in [0.717, 1.165) is 0 Å². The lowest BCUT2D eigenvalue weighted by molar-refractivity contribution is 0.317. The third-order valence-corrected chi connectivity index (χ3v) is 2.30. The van der Waals surface area contributed by atoms with Gasteiger partial charge in [0.15, 0.2) is 11.5 Å². The van der Waals surface area contributed by atoms with Crippen molar-refractivity contribution in [3.8, 4) is 23.6 Å². The van der Waals surface area contributed by atoms with Gasteiger partial charge in [-0.2, -0.15) is 10.2 Å². The Morgan fingerprint density at radius 2 is 1.95 bits per heavy atom. The van der Waals surface area contributed by atoms with E-state index in [4.69, 9.17) is 14.7 Å². The number of rotatable bonds is 4. The summed E-state index contributed by atoms with van der Waals surface area (Å²) in [6, 6.07) is 11.0. The second-order valence-electron chi connectivity index (χ2n) is 3.77. The van der Waals surface area contributed by atoms with Crippen LogP contribution in [0.4, 0.5) is 0 Å². The van der Waals surface area contributed by atoms with Crippen molar-refractivity contribution in [3.63, 3.8) is 0 Å². The Labute approximate surface area is 111 Å². The van der Waals surface area contributed by atoms with Crippen molar-refractivity contribution >= 4 is 0 Å². The molecule has 0 N–H and O–H groups in total. The van der Waals surface area contributed by atoms with Gasteiger partial charge in [0.05, 0.1) is 6.61 Å². The molecule has 5 heteroatoms. The zero-order chi connectivity index (χ0) is 13.7. The van der Waals surface area contributed by atoms with Gasteiger partial charge in [0.2, 0.25) is 0 Å². The molecule has 0 unspecified atom stereocenters. The fourth-order valence-corrected chi connectivity index (χ4v) is 1.55. The predicted octanol–water partition coefficient (Wildman–Crippen LogP) is 2.85. The third kappa shape index (κ3) is 3.19. The maximum atomic E-state index is 8.87. The van der Waals surface area contributed by atoms with E-state index in [2.05, 4.69) is 9.97 Å². The van der Waals surface area contributed by atoms with E-state index in [0.29, 0.717) is 23.8 Å². The summed E-state index contributed by atoms with van der Waals surface area (Å²) in [5.41, 5.74) is 0.951. The van der Waals surface area contributed by atoms with Crippen LogP contribution in [-0.2, 0) is 0 Å². The molecule has 1 aromatic carbocycles. The van der Waals surface area contributed by atoms with Crippen LogP contribution >= 0.6 is 0 Å². The van der Waals surface area contributed by atoms with Gasteiger partial charge in [-0.1, -0.05) is 12.1 Å². The van der Waals surface area contributed by atoms with Gasteiger partial charge < -0.3 is 9.47 Å². The van der Waals surface area contributed by atoms with Gasteiger partial charge in [0, 0.05) is 5.69 Å². The first-order valence-corrected chi connectivity index (χ1v) is 5.88. The molecule has 0 fully saturated rings. The first-order valence-electron chi connectivity index (χ1n) is 5.88. The molecular formula is C14H13N3O2. The fourth-order valence-electron chi connectivity index (χ4n) is 1.55. The van der Waals surface area contributed by atoms with E-state index >= 15 is 0 Å². The molecule has 0 bridgehead atoms. The minimum atomic E-state index is 0.142. The van der Waals surface area contributed by atoms with Crippen LogP contribution in [0.3, 0.4) is 0 Å². The maximum Gasteiger partial charge on any atom is 0.323 e. The van der Waals surface area contributed by atoms with Crippen molar-refractivity contribution in [2.24, 2.45) is 0 Å². The van der Waals surface area contributed by atoms with E-state index in [1.165, 1.54) is 0 Å². The molecule has 0 aliphatic rings. The van der Waals surface area contributed by atoms with Gasteiger partial charge in [0.1, 0.15) is 11.8 Å². The number of aryl methyl sites for hydroxylation is 1. The Hall–Kier alpha value is -2.61. The lowest BCUT2D eigenvalue weighted by Crippen LogP contribution is -1.99. The van der Waals surface area contributed by atoms with Crippen LogP contribution in [0.25, 0.3) is 0 Å².